The number of quaternary nitrogens is 2. The molecule has 15 nitrogen and oxygen atoms in total. The SMILES string of the molecule is CCCCCCCCCC[N+](C)(C)CCCCCCCCCC.CCCCCCCCCC[N+](C)(C)CCCCCCCCCC.O=C1CCC(C(=O)O)N1.O=C1CCC(C(=O)[O-])N1.O=C1CCC(C(=O)[O-])N1.[Cl-].[H-].[Na+].[Na+].[OH-]. The average Bonchev–Trinajstić information content (AvgIpc) is 4.12. The van der Waals surface area contributed by atoms with E-state index in [4.69, 9.17) is 5.11 Å². The zero-order valence-electron chi connectivity index (χ0n) is 52.4. The van der Waals surface area contributed by atoms with Crippen molar-refractivity contribution in [3.63, 3.8) is 0 Å². The molecule has 0 radical (unpaired) electrons. The molecule has 3 heterocycles. The van der Waals surface area contributed by atoms with Crippen molar-refractivity contribution in [1.82, 2.24) is 16.0 Å². The van der Waals surface area contributed by atoms with Crippen LogP contribution in [0.4, 0.5) is 0 Å². The van der Waals surface area contributed by atoms with Crippen molar-refractivity contribution < 1.29 is 131 Å². The van der Waals surface area contributed by atoms with Gasteiger partial charge in [-0.25, -0.2) is 4.79 Å². The van der Waals surface area contributed by atoms with Crippen LogP contribution in [0.1, 0.15) is 273 Å². The molecular formula is C59H117ClN5Na2O10-. The zero-order valence-corrected chi connectivity index (χ0v) is 56.1. The fraction of sp³-hybridized carbons (Fsp3) is 0.898. The molecule has 0 aliphatic carbocycles. The van der Waals surface area contributed by atoms with Gasteiger partial charge >= 0.3 is 65.1 Å². The fourth-order valence-electron chi connectivity index (χ4n) is 9.30. The van der Waals surface area contributed by atoms with Gasteiger partial charge in [-0.05, 0) is 70.6 Å². The first-order chi connectivity index (χ1) is 34.8. The molecular weight excluding hydrogens is 1020 g/mol. The summed E-state index contributed by atoms with van der Waals surface area (Å²) in [5.74, 6) is -3.90. The van der Waals surface area contributed by atoms with Crippen molar-refractivity contribution in [3.05, 3.63) is 0 Å². The molecule has 3 atom stereocenters. The van der Waals surface area contributed by atoms with Gasteiger partial charge in [-0.3, -0.25) is 14.4 Å². The van der Waals surface area contributed by atoms with Crippen LogP contribution < -0.4 is 97.7 Å². The van der Waals surface area contributed by atoms with Gasteiger partial charge in [0.25, 0.3) is 0 Å². The van der Waals surface area contributed by atoms with Gasteiger partial charge in [-0.2, -0.15) is 0 Å². The summed E-state index contributed by atoms with van der Waals surface area (Å²) >= 11 is 0. The summed E-state index contributed by atoms with van der Waals surface area (Å²) < 4.78 is 2.48. The van der Waals surface area contributed by atoms with Crippen molar-refractivity contribution in [1.29, 1.82) is 0 Å². The first kappa shape index (κ1) is 87.2. The molecule has 0 aromatic carbocycles. The third kappa shape index (κ3) is 59.4. The molecule has 3 saturated heterocycles. The second-order valence-electron chi connectivity index (χ2n) is 22.6. The van der Waals surface area contributed by atoms with E-state index in [0.717, 1.165) is 0 Å². The van der Waals surface area contributed by atoms with Crippen LogP contribution in [0.3, 0.4) is 0 Å². The molecule has 3 aliphatic rings. The first-order valence-electron chi connectivity index (χ1n) is 30.0. The molecule has 0 saturated carbocycles. The molecule has 448 valence electrons. The minimum atomic E-state index is -1.19. The molecule has 3 aliphatic heterocycles. The quantitative estimate of drug-likeness (QED) is 0.0388. The van der Waals surface area contributed by atoms with Gasteiger partial charge in [-0.15, -0.1) is 0 Å². The summed E-state index contributed by atoms with van der Waals surface area (Å²) in [5, 5.41) is 35.2. The smallest absolute Gasteiger partial charge is 1.00 e. The summed E-state index contributed by atoms with van der Waals surface area (Å²) in [6.07, 6.45) is 48.2. The summed E-state index contributed by atoms with van der Waals surface area (Å²) in [6.45, 7) is 14.7. The van der Waals surface area contributed by atoms with E-state index in [1.165, 1.54) is 241 Å². The number of unbranched alkanes of at least 4 members (excludes halogenated alkanes) is 28. The van der Waals surface area contributed by atoms with Crippen molar-refractivity contribution in [2.24, 2.45) is 0 Å². The number of aliphatic carboxylic acids is 3. The minimum absolute atomic E-state index is 0. The Kier molecular flexibility index (Phi) is 67.5. The van der Waals surface area contributed by atoms with Crippen LogP contribution in [0, 0.1) is 0 Å². The largest absolute Gasteiger partial charge is 1.00 e. The molecule has 18 heteroatoms. The topological polar surface area (TPSA) is 235 Å². The molecule has 0 aromatic heterocycles. The molecule has 0 spiro atoms. The van der Waals surface area contributed by atoms with E-state index in [9.17, 15) is 39.0 Å². The molecule has 3 rings (SSSR count). The van der Waals surface area contributed by atoms with Crippen LogP contribution in [0.2, 0.25) is 0 Å². The maximum Gasteiger partial charge on any atom is 1.00 e. The number of hydrogen-bond acceptors (Lipinski definition) is 9. The Morgan fingerprint density at radius 1 is 0.416 bits per heavy atom. The second-order valence-corrected chi connectivity index (χ2v) is 22.6. The van der Waals surface area contributed by atoms with Gasteiger partial charge in [-0.1, -0.05) is 182 Å². The molecule has 3 amide bonds. The Morgan fingerprint density at radius 2 is 0.597 bits per heavy atom. The number of nitrogens with zero attached hydrogens (tertiary/aromatic N) is 2. The predicted molar refractivity (Wildman–Crippen MR) is 298 cm³/mol. The summed E-state index contributed by atoms with van der Waals surface area (Å²) in [6, 6.07) is -2.15. The number of rotatable bonds is 39. The fourth-order valence-corrected chi connectivity index (χ4v) is 9.30. The van der Waals surface area contributed by atoms with E-state index in [1.807, 2.05) is 0 Å². The third-order valence-electron chi connectivity index (χ3n) is 14.3. The van der Waals surface area contributed by atoms with Crippen LogP contribution in [0.25, 0.3) is 0 Å². The van der Waals surface area contributed by atoms with E-state index in [2.05, 4.69) is 71.8 Å². The Bertz CT molecular complexity index is 1250. The molecule has 3 unspecified atom stereocenters. The van der Waals surface area contributed by atoms with Crippen LogP contribution in [0.15, 0.2) is 0 Å². The van der Waals surface area contributed by atoms with Crippen LogP contribution >= 0.6 is 0 Å². The maximum atomic E-state index is 10.4. The number of nitrogens with one attached hydrogen (secondary N) is 3. The number of hydrogen-bond donors (Lipinski definition) is 4. The molecule has 77 heavy (non-hydrogen) atoms. The van der Waals surface area contributed by atoms with Gasteiger partial charge in [0.2, 0.25) is 17.7 Å². The third-order valence-corrected chi connectivity index (χ3v) is 14.3. The van der Waals surface area contributed by atoms with Gasteiger partial charge < -0.3 is 69.1 Å². The van der Waals surface area contributed by atoms with Gasteiger partial charge in [0, 0.05) is 19.3 Å². The van der Waals surface area contributed by atoms with E-state index in [1.54, 1.807) is 0 Å². The van der Waals surface area contributed by atoms with Crippen LogP contribution in [0.5, 0.6) is 0 Å². The molecule has 3 fully saturated rings. The Balaban J connectivity index is -0.000000169. The molecule has 0 bridgehead atoms. The molecule has 0 aromatic rings. The van der Waals surface area contributed by atoms with Gasteiger partial charge in [0.15, 0.2) is 0 Å². The number of amides is 3. The van der Waals surface area contributed by atoms with Crippen LogP contribution in [-0.4, -0.2) is 128 Å². The van der Waals surface area contributed by atoms with Gasteiger partial charge in [0.1, 0.15) is 6.04 Å². The van der Waals surface area contributed by atoms with E-state index in [0.29, 0.717) is 38.5 Å². The summed E-state index contributed by atoms with van der Waals surface area (Å²) in [4.78, 5) is 61.3. The minimum Gasteiger partial charge on any atom is -1.00 e. The first-order valence-corrected chi connectivity index (χ1v) is 30.0. The molecule has 5 N–H and O–H groups in total. The van der Waals surface area contributed by atoms with Crippen LogP contribution in [-0.2, 0) is 28.8 Å². The van der Waals surface area contributed by atoms with E-state index >= 15 is 0 Å². The monoisotopic (exact) mass is 1140 g/mol. The van der Waals surface area contributed by atoms with Crippen molar-refractivity contribution in [2.75, 3.05) is 54.4 Å². The number of carboxylic acids is 3. The zero-order chi connectivity index (χ0) is 55.0. The number of carbonyl (C=O) groups excluding carboxylic acids is 5. The standard InChI is InChI=1S/2C22H48N.3C5H7NO3.ClH.2Na.H2O.H/c2*1-5-7-9-11-13-15-17-19-21-23(3,4)22-20-18-16-14-12-10-8-6-2;3*7-4-2-1-3(6-4)5(8)9;;;;;/h2*5-22H2,1-4H3;3*3H,1-2H2,(H,6,7)(H,8,9);1H;;;1H2;/q2*+1;;;;;2*+1;;-1/p-4. The number of halogens is 1. The Hall–Kier alpha value is -1.01. The number of carboxylic acid groups (broad SMARTS) is 3. The predicted octanol–water partition coefficient (Wildman–Crippen LogP) is 1.02. The van der Waals surface area contributed by atoms with E-state index in [-0.39, 0.29) is 96.1 Å². The number of carbonyl (C=O) groups is 6. The van der Waals surface area contributed by atoms with Crippen molar-refractivity contribution in [3.8, 4) is 0 Å². The van der Waals surface area contributed by atoms with E-state index < -0.39 is 36.0 Å². The summed E-state index contributed by atoms with van der Waals surface area (Å²) in [5.41, 5.74) is 0. The summed E-state index contributed by atoms with van der Waals surface area (Å²) in [7, 11) is 9.73. The average molecular weight is 1140 g/mol. The Labute approximate surface area is 523 Å². The van der Waals surface area contributed by atoms with Crippen molar-refractivity contribution in [2.45, 2.75) is 290 Å². The van der Waals surface area contributed by atoms with Crippen molar-refractivity contribution >= 4 is 35.6 Å². The second kappa shape index (κ2) is 59.6. The normalized spacial score (nSPS) is 16.2. The van der Waals surface area contributed by atoms with Gasteiger partial charge in [0.05, 0.1) is 78.4 Å². The maximum absolute atomic E-state index is 10.4. The Morgan fingerprint density at radius 3 is 0.727 bits per heavy atom.